The minimum Gasteiger partial charge on any atom is -0.493 e. The highest BCUT2D eigenvalue weighted by molar-refractivity contribution is 5.95. The molecule has 2 aromatic carbocycles. The number of benzene rings is 2. The Morgan fingerprint density at radius 1 is 1.17 bits per heavy atom. The highest BCUT2D eigenvalue weighted by Crippen LogP contribution is 2.33. The minimum atomic E-state index is -0.153. The lowest BCUT2D eigenvalue weighted by atomic mass is 10.0. The summed E-state index contributed by atoms with van der Waals surface area (Å²) in [5.74, 6) is 1.02. The Morgan fingerprint density at radius 2 is 1.91 bits per heavy atom. The van der Waals surface area contributed by atoms with Crippen molar-refractivity contribution in [3.8, 4) is 11.5 Å². The Balaban J connectivity index is 2.22. The van der Waals surface area contributed by atoms with Crippen LogP contribution in [0.3, 0.4) is 0 Å². The summed E-state index contributed by atoms with van der Waals surface area (Å²) in [5.41, 5.74) is 2.45. The highest BCUT2D eigenvalue weighted by Gasteiger charge is 2.15. The van der Waals surface area contributed by atoms with Crippen LogP contribution in [0.2, 0.25) is 0 Å². The van der Waals surface area contributed by atoms with Gasteiger partial charge in [0.1, 0.15) is 0 Å². The van der Waals surface area contributed by atoms with Gasteiger partial charge in [0.15, 0.2) is 11.5 Å². The van der Waals surface area contributed by atoms with Crippen LogP contribution in [0, 0.1) is 0 Å². The molecule has 0 saturated carbocycles. The number of carbonyl (C=O) groups excluding carboxylic acids is 1. The Labute approximate surface area is 136 Å². The standard InChI is InChI=1S/C19H21NO3/c1-4-8-15-11-16(12-17(22-2)18(15)23-3)19(21)20-13-14-9-6-5-7-10-14/h4-7,9-12H,1,8,13H2,2-3H3,(H,20,21). The van der Waals surface area contributed by atoms with Gasteiger partial charge in [-0.05, 0) is 24.1 Å². The smallest absolute Gasteiger partial charge is 0.251 e. The van der Waals surface area contributed by atoms with Crippen molar-refractivity contribution in [2.45, 2.75) is 13.0 Å². The summed E-state index contributed by atoms with van der Waals surface area (Å²) in [6.45, 7) is 4.22. The van der Waals surface area contributed by atoms with Gasteiger partial charge in [-0.3, -0.25) is 4.79 Å². The zero-order chi connectivity index (χ0) is 16.7. The fourth-order valence-corrected chi connectivity index (χ4v) is 2.36. The Morgan fingerprint density at radius 3 is 2.52 bits per heavy atom. The van der Waals surface area contributed by atoms with Gasteiger partial charge >= 0.3 is 0 Å². The molecular formula is C19H21NO3. The van der Waals surface area contributed by atoms with Crippen LogP contribution >= 0.6 is 0 Å². The molecule has 0 aliphatic rings. The molecule has 0 unspecified atom stereocenters. The van der Waals surface area contributed by atoms with Crippen LogP contribution in [0.25, 0.3) is 0 Å². The van der Waals surface area contributed by atoms with E-state index in [2.05, 4.69) is 11.9 Å². The van der Waals surface area contributed by atoms with Gasteiger partial charge in [0.25, 0.3) is 5.91 Å². The lowest BCUT2D eigenvalue weighted by molar-refractivity contribution is 0.0950. The molecule has 2 rings (SSSR count). The number of ether oxygens (including phenoxy) is 2. The van der Waals surface area contributed by atoms with Gasteiger partial charge in [0.05, 0.1) is 14.2 Å². The fraction of sp³-hybridized carbons (Fsp3) is 0.211. The van der Waals surface area contributed by atoms with Crippen molar-refractivity contribution >= 4 is 5.91 Å². The van der Waals surface area contributed by atoms with Crippen LogP contribution in [-0.4, -0.2) is 20.1 Å². The van der Waals surface area contributed by atoms with E-state index in [1.165, 1.54) is 0 Å². The van der Waals surface area contributed by atoms with Gasteiger partial charge < -0.3 is 14.8 Å². The molecular weight excluding hydrogens is 290 g/mol. The van der Waals surface area contributed by atoms with Gasteiger partial charge in [0, 0.05) is 17.7 Å². The van der Waals surface area contributed by atoms with Crippen LogP contribution in [-0.2, 0) is 13.0 Å². The molecule has 0 aromatic heterocycles. The molecule has 1 amide bonds. The predicted octanol–water partition coefficient (Wildman–Crippen LogP) is 3.36. The van der Waals surface area contributed by atoms with Crippen LogP contribution in [0.1, 0.15) is 21.5 Å². The van der Waals surface area contributed by atoms with Crippen molar-refractivity contribution in [1.29, 1.82) is 0 Å². The van der Waals surface area contributed by atoms with Gasteiger partial charge in [-0.2, -0.15) is 0 Å². The summed E-state index contributed by atoms with van der Waals surface area (Å²) in [6, 6.07) is 13.3. The molecule has 0 bridgehead atoms. The Hall–Kier alpha value is -2.75. The second kappa shape index (κ2) is 8.03. The number of hydrogen-bond acceptors (Lipinski definition) is 3. The van der Waals surface area contributed by atoms with E-state index in [0.717, 1.165) is 11.1 Å². The van der Waals surface area contributed by atoms with E-state index >= 15 is 0 Å². The Kier molecular flexibility index (Phi) is 5.80. The number of methoxy groups -OCH3 is 2. The second-order valence-corrected chi connectivity index (χ2v) is 5.03. The molecule has 120 valence electrons. The second-order valence-electron chi connectivity index (χ2n) is 5.03. The molecule has 0 saturated heterocycles. The van der Waals surface area contributed by atoms with E-state index in [0.29, 0.717) is 30.0 Å². The molecule has 0 radical (unpaired) electrons. The van der Waals surface area contributed by atoms with Crippen molar-refractivity contribution in [1.82, 2.24) is 5.32 Å². The molecule has 23 heavy (non-hydrogen) atoms. The number of allylic oxidation sites excluding steroid dienone is 1. The van der Waals surface area contributed by atoms with Crippen LogP contribution < -0.4 is 14.8 Å². The molecule has 4 heteroatoms. The first-order valence-electron chi connectivity index (χ1n) is 7.37. The molecule has 0 atom stereocenters. The van der Waals surface area contributed by atoms with Crippen LogP contribution in [0.5, 0.6) is 11.5 Å². The maximum absolute atomic E-state index is 12.4. The van der Waals surface area contributed by atoms with E-state index in [1.54, 1.807) is 26.4 Å². The van der Waals surface area contributed by atoms with Crippen LogP contribution in [0.15, 0.2) is 55.1 Å². The normalized spacial score (nSPS) is 10.0. The molecule has 0 fully saturated rings. The zero-order valence-corrected chi connectivity index (χ0v) is 13.5. The number of nitrogens with one attached hydrogen (secondary N) is 1. The molecule has 0 aliphatic heterocycles. The molecule has 4 nitrogen and oxygen atoms in total. The third kappa shape index (κ3) is 4.13. The fourth-order valence-electron chi connectivity index (χ4n) is 2.36. The largest absolute Gasteiger partial charge is 0.493 e. The molecule has 0 heterocycles. The Bertz CT molecular complexity index is 681. The first-order chi connectivity index (χ1) is 11.2. The van der Waals surface area contributed by atoms with E-state index < -0.39 is 0 Å². The van der Waals surface area contributed by atoms with E-state index in [-0.39, 0.29) is 5.91 Å². The van der Waals surface area contributed by atoms with Gasteiger partial charge in [-0.25, -0.2) is 0 Å². The molecule has 1 N–H and O–H groups in total. The minimum absolute atomic E-state index is 0.153. The van der Waals surface area contributed by atoms with Crippen molar-refractivity contribution in [3.63, 3.8) is 0 Å². The topological polar surface area (TPSA) is 47.6 Å². The summed E-state index contributed by atoms with van der Waals surface area (Å²) >= 11 is 0. The summed E-state index contributed by atoms with van der Waals surface area (Å²) < 4.78 is 10.7. The predicted molar refractivity (Wildman–Crippen MR) is 91.1 cm³/mol. The number of hydrogen-bond donors (Lipinski definition) is 1. The third-order valence-corrected chi connectivity index (χ3v) is 3.48. The summed E-state index contributed by atoms with van der Waals surface area (Å²) in [7, 11) is 3.14. The van der Waals surface area contributed by atoms with E-state index in [1.807, 2.05) is 36.4 Å². The summed E-state index contributed by atoms with van der Waals surface area (Å²) in [5, 5.41) is 2.91. The lowest BCUT2D eigenvalue weighted by Gasteiger charge is -2.14. The lowest BCUT2D eigenvalue weighted by Crippen LogP contribution is -2.23. The first kappa shape index (κ1) is 16.6. The number of amides is 1. The maximum atomic E-state index is 12.4. The summed E-state index contributed by atoms with van der Waals surface area (Å²) in [6.07, 6.45) is 2.36. The van der Waals surface area contributed by atoms with Gasteiger partial charge in [-0.1, -0.05) is 36.4 Å². The highest BCUT2D eigenvalue weighted by atomic mass is 16.5. The SMILES string of the molecule is C=CCc1cc(C(=O)NCc2ccccc2)cc(OC)c1OC. The van der Waals surface area contributed by atoms with Crippen molar-refractivity contribution in [2.75, 3.05) is 14.2 Å². The number of rotatable bonds is 7. The van der Waals surface area contributed by atoms with Crippen molar-refractivity contribution in [3.05, 3.63) is 71.8 Å². The average Bonchev–Trinajstić information content (AvgIpc) is 2.60. The molecule has 0 spiro atoms. The van der Waals surface area contributed by atoms with E-state index in [4.69, 9.17) is 9.47 Å². The molecule has 2 aromatic rings. The molecule has 0 aliphatic carbocycles. The van der Waals surface area contributed by atoms with Crippen LogP contribution in [0.4, 0.5) is 0 Å². The van der Waals surface area contributed by atoms with Crippen molar-refractivity contribution < 1.29 is 14.3 Å². The summed E-state index contributed by atoms with van der Waals surface area (Å²) in [4.78, 5) is 12.4. The number of carbonyl (C=O) groups is 1. The maximum Gasteiger partial charge on any atom is 0.251 e. The van der Waals surface area contributed by atoms with Gasteiger partial charge in [0.2, 0.25) is 0 Å². The monoisotopic (exact) mass is 311 g/mol. The third-order valence-electron chi connectivity index (χ3n) is 3.48. The first-order valence-corrected chi connectivity index (χ1v) is 7.37. The van der Waals surface area contributed by atoms with Crippen molar-refractivity contribution in [2.24, 2.45) is 0 Å². The zero-order valence-electron chi connectivity index (χ0n) is 13.5. The average molecular weight is 311 g/mol. The quantitative estimate of drug-likeness (QED) is 0.798. The van der Waals surface area contributed by atoms with Gasteiger partial charge in [-0.15, -0.1) is 6.58 Å². The van der Waals surface area contributed by atoms with E-state index in [9.17, 15) is 4.79 Å².